The summed E-state index contributed by atoms with van der Waals surface area (Å²) < 4.78 is 0. The number of rotatable bonds is 4. The number of aromatic nitrogens is 6. The molecule has 96 valence electrons. The van der Waals surface area contributed by atoms with Crippen LogP contribution >= 0.6 is 0 Å². The van der Waals surface area contributed by atoms with Gasteiger partial charge in [0.15, 0.2) is 5.82 Å². The summed E-state index contributed by atoms with van der Waals surface area (Å²) in [6.45, 7) is 6.50. The summed E-state index contributed by atoms with van der Waals surface area (Å²) in [6, 6.07) is -0.0413. The quantitative estimate of drug-likeness (QED) is 0.852. The summed E-state index contributed by atoms with van der Waals surface area (Å²) in [6.07, 6.45) is 5.82. The molecule has 2 aromatic rings. The molecule has 1 atom stereocenters. The van der Waals surface area contributed by atoms with E-state index < -0.39 is 0 Å². The number of nitrogens with one attached hydrogen (secondary N) is 2. The highest BCUT2D eigenvalue weighted by Crippen LogP contribution is 2.29. The minimum Gasteiger partial charge on any atom is -0.359 e. The lowest BCUT2D eigenvalue weighted by molar-refractivity contribution is 0.346. The summed E-state index contributed by atoms with van der Waals surface area (Å²) in [5, 5.41) is 17.4. The van der Waals surface area contributed by atoms with E-state index >= 15 is 0 Å². The largest absolute Gasteiger partial charge is 0.359 e. The van der Waals surface area contributed by atoms with Crippen molar-refractivity contribution in [1.82, 2.24) is 30.6 Å². The normalized spacial score (nSPS) is 13.3. The van der Waals surface area contributed by atoms with Crippen LogP contribution in [0.5, 0.6) is 0 Å². The number of nitrogens with zero attached hydrogens (tertiary/aromatic N) is 5. The molecule has 0 radical (unpaired) electrons. The monoisotopic (exact) mass is 247 g/mol. The van der Waals surface area contributed by atoms with E-state index in [2.05, 4.69) is 56.7 Å². The Hall–Kier alpha value is -2.05. The van der Waals surface area contributed by atoms with Crippen LogP contribution in [0.2, 0.25) is 0 Å². The van der Waals surface area contributed by atoms with Gasteiger partial charge in [-0.3, -0.25) is 4.98 Å². The summed E-state index contributed by atoms with van der Waals surface area (Å²) in [7, 11) is 0. The van der Waals surface area contributed by atoms with Crippen LogP contribution in [0, 0.1) is 5.41 Å². The molecule has 0 aliphatic heterocycles. The average molecular weight is 247 g/mol. The molecule has 0 aromatic carbocycles. The van der Waals surface area contributed by atoms with Crippen molar-refractivity contribution in [2.45, 2.75) is 33.2 Å². The Bertz CT molecular complexity index is 460. The van der Waals surface area contributed by atoms with Crippen LogP contribution in [-0.4, -0.2) is 30.6 Å². The molecule has 2 aromatic heterocycles. The molecule has 0 saturated heterocycles. The van der Waals surface area contributed by atoms with Crippen molar-refractivity contribution in [3.8, 4) is 0 Å². The Morgan fingerprint density at radius 2 is 2.17 bits per heavy atom. The van der Waals surface area contributed by atoms with Gasteiger partial charge in [0.2, 0.25) is 0 Å². The van der Waals surface area contributed by atoms with Crippen molar-refractivity contribution >= 4 is 5.82 Å². The molecule has 1 unspecified atom stereocenters. The maximum Gasteiger partial charge on any atom is 0.196 e. The van der Waals surface area contributed by atoms with E-state index in [9.17, 15) is 0 Å². The first-order valence-corrected chi connectivity index (χ1v) is 5.80. The highest BCUT2D eigenvalue weighted by Gasteiger charge is 2.23. The van der Waals surface area contributed by atoms with Gasteiger partial charge in [0.05, 0.1) is 12.2 Å². The third-order valence-electron chi connectivity index (χ3n) is 2.38. The molecule has 7 heteroatoms. The molecule has 2 N–H and O–H groups in total. The first kappa shape index (κ1) is 12.4. The molecule has 0 fully saturated rings. The van der Waals surface area contributed by atoms with Gasteiger partial charge in [0.1, 0.15) is 5.82 Å². The Labute approximate surface area is 105 Å². The van der Waals surface area contributed by atoms with Gasteiger partial charge in [-0.15, -0.1) is 10.2 Å². The molecule has 2 rings (SSSR count). The van der Waals surface area contributed by atoms with E-state index in [0.29, 0.717) is 11.6 Å². The molecule has 0 saturated carbocycles. The summed E-state index contributed by atoms with van der Waals surface area (Å²) in [5.41, 5.74) is 0.139. The van der Waals surface area contributed by atoms with Crippen molar-refractivity contribution in [2.75, 3.05) is 5.32 Å². The number of hydrogen-bond acceptors (Lipinski definition) is 6. The van der Waals surface area contributed by atoms with E-state index in [1.165, 1.54) is 0 Å². The van der Waals surface area contributed by atoms with Gasteiger partial charge in [-0.25, -0.2) is 4.98 Å². The van der Waals surface area contributed by atoms with E-state index in [4.69, 9.17) is 0 Å². The average Bonchev–Trinajstić information content (AvgIpc) is 2.81. The fourth-order valence-electron chi connectivity index (χ4n) is 1.69. The lowest BCUT2D eigenvalue weighted by Crippen LogP contribution is -2.20. The minimum atomic E-state index is -0.0413. The predicted molar refractivity (Wildman–Crippen MR) is 66.6 cm³/mol. The van der Waals surface area contributed by atoms with Crippen LogP contribution in [-0.2, 0) is 0 Å². The second kappa shape index (κ2) is 5.07. The van der Waals surface area contributed by atoms with E-state index in [1.54, 1.807) is 18.6 Å². The molecular formula is C11H17N7. The van der Waals surface area contributed by atoms with Crippen molar-refractivity contribution in [3.05, 3.63) is 24.4 Å². The zero-order valence-electron chi connectivity index (χ0n) is 10.8. The molecule has 0 aliphatic carbocycles. The highest BCUT2D eigenvalue weighted by molar-refractivity contribution is 5.32. The maximum absolute atomic E-state index is 4.20. The van der Waals surface area contributed by atoms with Crippen LogP contribution < -0.4 is 5.32 Å². The van der Waals surface area contributed by atoms with Gasteiger partial charge >= 0.3 is 0 Å². The lowest BCUT2D eigenvalue weighted by atomic mass is 9.88. The fraction of sp³-hybridized carbons (Fsp3) is 0.545. The van der Waals surface area contributed by atoms with E-state index in [-0.39, 0.29) is 11.5 Å². The fourth-order valence-corrected chi connectivity index (χ4v) is 1.69. The standard InChI is InChI=1S/C11H17N7/c1-11(2,3)6-8(10-15-17-18-16-10)14-9-7-12-4-5-13-9/h4-5,7-8H,6H2,1-3H3,(H,13,14)(H,15,16,17,18). The second-order valence-electron chi connectivity index (χ2n) is 5.32. The lowest BCUT2D eigenvalue weighted by Gasteiger charge is -2.24. The molecule has 0 amide bonds. The zero-order chi connectivity index (χ0) is 13.0. The Kier molecular flexibility index (Phi) is 3.50. The van der Waals surface area contributed by atoms with Gasteiger partial charge < -0.3 is 5.32 Å². The van der Waals surface area contributed by atoms with E-state index in [0.717, 1.165) is 6.42 Å². The number of H-pyrrole nitrogens is 1. The number of hydrogen-bond donors (Lipinski definition) is 2. The molecule has 18 heavy (non-hydrogen) atoms. The van der Waals surface area contributed by atoms with Gasteiger partial charge in [-0.05, 0) is 11.8 Å². The predicted octanol–water partition coefficient (Wildman–Crippen LogP) is 1.58. The van der Waals surface area contributed by atoms with Gasteiger partial charge in [-0.1, -0.05) is 26.0 Å². The Balaban J connectivity index is 2.15. The van der Waals surface area contributed by atoms with Crippen molar-refractivity contribution in [3.63, 3.8) is 0 Å². The van der Waals surface area contributed by atoms with E-state index in [1.807, 2.05) is 0 Å². The number of aromatic amines is 1. The van der Waals surface area contributed by atoms with Crippen molar-refractivity contribution in [2.24, 2.45) is 5.41 Å². The van der Waals surface area contributed by atoms with Crippen LogP contribution in [0.3, 0.4) is 0 Å². The van der Waals surface area contributed by atoms with Crippen LogP contribution in [0.25, 0.3) is 0 Å². The molecule has 2 heterocycles. The number of tetrazole rings is 1. The molecule has 0 bridgehead atoms. The summed E-state index contributed by atoms with van der Waals surface area (Å²) in [4.78, 5) is 8.22. The topological polar surface area (TPSA) is 92.3 Å². The van der Waals surface area contributed by atoms with Crippen LogP contribution in [0.4, 0.5) is 5.82 Å². The SMILES string of the molecule is CC(C)(C)CC(Nc1cnccn1)c1nn[nH]n1. The van der Waals surface area contributed by atoms with Gasteiger partial charge in [-0.2, -0.15) is 5.21 Å². The van der Waals surface area contributed by atoms with Crippen molar-refractivity contribution < 1.29 is 0 Å². The third-order valence-corrected chi connectivity index (χ3v) is 2.38. The summed E-state index contributed by atoms with van der Waals surface area (Å²) >= 11 is 0. The third kappa shape index (κ3) is 3.47. The number of anilines is 1. The Morgan fingerprint density at radius 1 is 1.33 bits per heavy atom. The molecule has 7 nitrogen and oxygen atoms in total. The second-order valence-corrected chi connectivity index (χ2v) is 5.32. The first-order valence-electron chi connectivity index (χ1n) is 5.80. The van der Waals surface area contributed by atoms with Crippen LogP contribution in [0.1, 0.15) is 39.1 Å². The zero-order valence-corrected chi connectivity index (χ0v) is 10.8. The first-order chi connectivity index (χ1) is 8.54. The van der Waals surface area contributed by atoms with Crippen molar-refractivity contribution in [1.29, 1.82) is 0 Å². The molecular weight excluding hydrogens is 230 g/mol. The van der Waals surface area contributed by atoms with Crippen LogP contribution in [0.15, 0.2) is 18.6 Å². The molecule has 0 spiro atoms. The minimum absolute atomic E-state index is 0.0413. The van der Waals surface area contributed by atoms with Gasteiger partial charge in [0.25, 0.3) is 0 Å². The Morgan fingerprint density at radius 3 is 2.72 bits per heavy atom. The smallest absolute Gasteiger partial charge is 0.196 e. The maximum atomic E-state index is 4.20. The molecule has 0 aliphatic rings. The highest BCUT2D eigenvalue weighted by atomic mass is 15.5. The summed E-state index contributed by atoms with van der Waals surface area (Å²) in [5.74, 6) is 1.34. The van der Waals surface area contributed by atoms with Gasteiger partial charge in [0, 0.05) is 12.4 Å².